The van der Waals surface area contributed by atoms with Crippen LogP contribution in [0, 0.1) is 0 Å². The van der Waals surface area contributed by atoms with E-state index < -0.39 is 0 Å². The van der Waals surface area contributed by atoms with Gasteiger partial charge in [0.2, 0.25) is 0 Å². The minimum atomic E-state index is -0.0692. The van der Waals surface area contributed by atoms with Crippen molar-refractivity contribution in [2.45, 2.75) is 58.1 Å². The maximum absolute atomic E-state index is 9.86. The molecule has 0 aromatic heterocycles. The van der Waals surface area contributed by atoms with Crippen molar-refractivity contribution >= 4 is 0 Å². The molecule has 0 radical (unpaired) electrons. The Morgan fingerprint density at radius 2 is 1.92 bits per heavy atom. The lowest BCUT2D eigenvalue weighted by molar-refractivity contribution is 0.0222. The summed E-state index contributed by atoms with van der Waals surface area (Å²) >= 11 is 0. The molecule has 0 saturated heterocycles. The van der Waals surface area contributed by atoms with Crippen molar-refractivity contribution in [2.75, 3.05) is 13.1 Å². The second kappa shape index (κ2) is 5.61. The summed E-state index contributed by atoms with van der Waals surface area (Å²) in [5.41, 5.74) is 0. The molecular formula is C11H23NO. The standard InChI is InChI=1S/C11H23NO/c1-3-9-12(4-2)10-7-5-6-8-11(10)13/h10-11,13H,3-9H2,1-2H3. The summed E-state index contributed by atoms with van der Waals surface area (Å²) in [6.45, 7) is 6.61. The molecule has 0 aliphatic heterocycles. The van der Waals surface area contributed by atoms with E-state index in [0.717, 1.165) is 19.5 Å². The number of likely N-dealkylation sites (N-methyl/N-ethyl adjacent to an activating group) is 1. The normalized spacial score (nSPS) is 29.5. The molecule has 1 aliphatic rings. The van der Waals surface area contributed by atoms with E-state index in [-0.39, 0.29) is 6.10 Å². The van der Waals surface area contributed by atoms with Crippen LogP contribution in [0.4, 0.5) is 0 Å². The monoisotopic (exact) mass is 185 g/mol. The molecule has 2 heteroatoms. The predicted molar refractivity (Wildman–Crippen MR) is 55.8 cm³/mol. The predicted octanol–water partition coefficient (Wildman–Crippen LogP) is 2.02. The Labute approximate surface area is 81.9 Å². The Balaban J connectivity index is 2.44. The number of hydrogen-bond acceptors (Lipinski definition) is 2. The van der Waals surface area contributed by atoms with Crippen LogP contribution in [0.3, 0.4) is 0 Å². The second-order valence-electron chi connectivity index (χ2n) is 4.05. The van der Waals surface area contributed by atoms with Crippen molar-refractivity contribution in [3.05, 3.63) is 0 Å². The Kier molecular flexibility index (Phi) is 4.74. The van der Waals surface area contributed by atoms with Gasteiger partial charge in [-0.15, -0.1) is 0 Å². The molecular weight excluding hydrogens is 162 g/mol. The number of hydrogen-bond donors (Lipinski definition) is 1. The lowest BCUT2D eigenvalue weighted by atomic mass is 9.91. The number of aliphatic hydroxyl groups excluding tert-OH is 1. The molecule has 1 fully saturated rings. The van der Waals surface area contributed by atoms with Gasteiger partial charge in [0, 0.05) is 6.04 Å². The van der Waals surface area contributed by atoms with Crippen LogP contribution >= 0.6 is 0 Å². The van der Waals surface area contributed by atoms with Gasteiger partial charge in [0.05, 0.1) is 6.10 Å². The molecule has 0 bridgehead atoms. The number of rotatable bonds is 4. The SMILES string of the molecule is CCCN(CC)C1CCCCC1O. The molecule has 1 N–H and O–H groups in total. The summed E-state index contributed by atoms with van der Waals surface area (Å²) < 4.78 is 0. The highest BCUT2D eigenvalue weighted by atomic mass is 16.3. The zero-order valence-corrected chi connectivity index (χ0v) is 9.00. The molecule has 0 spiro atoms. The van der Waals surface area contributed by atoms with Crippen molar-refractivity contribution < 1.29 is 5.11 Å². The van der Waals surface area contributed by atoms with E-state index in [1.165, 1.54) is 25.7 Å². The first kappa shape index (κ1) is 11.0. The molecule has 0 heterocycles. The van der Waals surface area contributed by atoms with Crippen molar-refractivity contribution in [1.29, 1.82) is 0 Å². The van der Waals surface area contributed by atoms with E-state index in [9.17, 15) is 5.11 Å². The van der Waals surface area contributed by atoms with Crippen LogP contribution in [0.15, 0.2) is 0 Å². The molecule has 0 aromatic rings. The molecule has 0 amide bonds. The Bertz CT molecular complexity index is 138. The summed E-state index contributed by atoms with van der Waals surface area (Å²) in [6.07, 6.45) is 5.82. The fourth-order valence-corrected chi connectivity index (χ4v) is 2.36. The van der Waals surface area contributed by atoms with E-state index >= 15 is 0 Å². The van der Waals surface area contributed by atoms with Gasteiger partial charge in [-0.25, -0.2) is 0 Å². The minimum Gasteiger partial charge on any atom is -0.391 e. The molecule has 13 heavy (non-hydrogen) atoms. The average Bonchev–Trinajstić information content (AvgIpc) is 2.16. The van der Waals surface area contributed by atoms with Gasteiger partial charge in [-0.05, 0) is 32.4 Å². The summed E-state index contributed by atoms with van der Waals surface area (Å²) in [7, 11) is 0. The highest BCUT2D eigenvalue weighted by Crippen LogP contribution is 2.23. The highest BCUT2D eigenvalue weighted by Gasteiger charge is 2.26. The largest absolute Gasteiger partial charge is 0.391 e. The first-order valence-corrected chi connectivity index (χ1v) is 5.71. The second-order valence-corrected chi connectivity index (χ2v) is 4.05. The van der Waals surface area contributed by atoms with Crippen LogP contribution in [-0.4, -0.2) is 35.2 Å². The van der Waals surface area contributed by atoms with E-state index in [1.54, 1.807) is 0 Å². The van der Waals surface area contributed by atoms with Gasteiger partial charge in [-0.2, -0.15) is 0 Å². The van der Waals surface area contributed by atoms with Crippen LogP contribution < -0.4 is 0 Å². The number of aliphatic hydroxyl groups is 1. The molecule has 78 valence electrons. The molecule has 2 atom stereocenters. The smallest absolute Gasteiger partial charge is 0.0695 e. The minimum absolute atomic E-state index is 0.0692. The first-order chi connectivity index (χ1) is 6.29. The van der Waals surface area contributed by atoms with E-state index in [4.69, 9.17) is 0 Å². The van der Waals surface area contributed by atoms with Gasteiger partial charge in [0.15, 0.2) is 0 Å². The van der Waals surface area contributed by atoms with Crippen LogP contribution in [-0.2, 0) is 0 Å². The Hall–Kier alpha value is -0.0800. The third kappa shape index (κ3) is 2.96. The zero-order valence-electron chi connectivity index (χ0n) is 9.00. The van der Waals surface area contributed by atoms with Crippen LogP contribution in [0.2, 0.25) is 0 Å². The van der Waals surface area contributed by atoms with Gasteiger partial charge in [-0.3, -0.25) is 4.90 Å². The van der Waals surface area contributed by atoms with Gasteiger partial charge in [0.25, 0.3) is 0 Å². The Morgan fingerprint density at radius 3 is 2.46 bits per heavy atom. The molecule has 1 saturated carbocycles. The lowest BCUT2D eigenvalue weighted by Crippen LogP contribution is -2.45. The average molecular weight is 185 g/mol. The Morgan fingerprint density at radius 1 is 1.23 bits per heavy atom. The fraction of sp³-hybridized carbons (Fsp3) is 1.00. The topological polar surface area (TPSA) is 23.5 Å². The maximum Gasteiger partial charge on any atom is 0.0695 e. The van der Waals surface area contributed by atoms with Gasteiger partial charge in [-0.1, -0.05) is 26.7 Å². The van der Waals surface area contributed by atoms with Crippen molar-refractivity contribution in [3.8, 4) is 0 Å². The third-order valence-electron chi connectivity index (χ3n) is 3.08. The van der Waals surface area contributed by atoms with Gasteiger partial charge < -0.3 is 5.11 Å². The van der Waals surface area contributed by atoms with Crippen LogP contribution in [0.25, 0.3) is 0 Å². The summed E-state index contributed by atoms with van der Waals surface area (Å²) in [5.74, 6) is 0. The third-order valence-corrected chi connectivity index (χ3v) is 3.08. The molecule has 0 aromatic carbocycles. The molecule has 2 unspecified atom stereocenters. The fourth-order valence-electron chi connectivity index (χ4n) is 2.36. The summed E-state index contributed by atoms with van der Waals surface area (Å²) in [4.78, 5) is 2.43. The summed E-state index contributed by atoms with van der Waals surface area (Å²) in [6, 6.07) is 0.443. The van der Waals surface area contributed by atoms with Crippen molar-refractivity contribution in [1.82, 2.24) is 4.90 Å². The van der Waals surface area contributed by atoms with Crippen LogP contribution in [0.1, 0.15) is 46.0 Å². The lowest BCUT2D eigenvalue weighted by Gasteiger charge is -2.36. The molecule has 1 aliphatic carbocycles. The van der Waals surface area contributed by atoms with E-state index in [2.05, 4.69) is 18.7 Å². The summed E-state index contributed by atoms with van der Waals surface area (Å²) in [5, 5.41) is 9.86. The highest BCUT2D eigenvalue weighted by molar-refractivity contribution is 4.82. The quantitative estimate of drug-likeness (QED) is 0.724. The first-order valence-electron chi connectivity index (χ1n) is 5.71. The van der Waals surface area contributed by atoms with Crippen molar-refractivity contribution in [2.24, 2.45) is 0 Å². The van der Waals surface area contributed by atoms with Crippen LogP contribution in [0.5, 0.6) is 0 Å². The van der Waals surface area contributed by atoms with E-state index in [0.29, 0.717) is 6.04 Å². The molecule has 1 rings (SSSR count). The maximum atomic E-state index is 9.86. The van der Waals surface area contributed by atoms with Gasteiger partial charge >= 0.3 is 0 Å². The van der Waals surface area contributed by atoms with E-state index in [1.807, 2.05) is 0 Å². The molecule has 2 nitrogen and oxygen atoms in total. The number of nitrogens with zero attached hydrogens (tertiary/aromatic N) is 1. The van der Waals surface area contributed by atoms with Crippen molar-refractivity contribution in [3.63, 3.8) is 0 Å². The zero-order chi connectivity index (χ0) is 9.68. The van der Waals surface area contributed by atoms with Gasteiger partial charge in [0.1, 0.15) is 0 Å².